The van der Waals surface area contributed by atoms with Crippen LogP contribution in [0, 0.1) is 17.0 Å². The molecular formula is C14H21N3O2. The summed E-state index contributed by atoms with van der Waals surface area (Å²) in [5.74, 6) is 0. The number of anilines is 1. The van der Waals surface area contributed by atoms with Crippen molar-refractivity contribution >= 4 is 11.4 Å². The van der Waals surface area contributed by atoms with Gasteiger partial charge in [0.25, 0.3) is 5.69 Å². The van der Waals surface area contributed by atoms with Gasteiger partial charge < -0.3 is 10.6 Å². The zero-order valence-corrected chi connectivity index (χ0v) is 11.5. The standard InChI is InChI=1S/C14H21N3O2/c1-10-5-6-13(17(18)19)9-14(10)16-11(2)8-12-4-3-7-15-12/h5-6,9,11-12,15-16H,3-4,7-8H2,1-2H3. The van der Waals surface area contributed by atoms with Crippen LogP contribution in [0.2, 0.25) is 0 Å². The van der Waals surface area contributed by atoms with E-state index in [9.17, 15) is 10.1 Å². The summed E-state index contributed by atoms with van der Waals surface area (Å²) in [4.78, 5) is 10.4. The summed E-state index contributed by atoms with van der Waals surface area (Å²) < 4.78 is 0. The van der Waals surface area contributed by atoms with Gasteiger partial charge in [0.2, 0.25) is 0 Å². The van der Waals surface area contributed by atoms with Gasteiger partial charge in [0.1, 0.15) is 0 Å². The van der Waals surface area contributed by atoms with Crippen LogP contribution < -0.4 is 10.6 Å². The Bertz CT molecular complexity index is 456. The molecule has 19 heavy (non-hydrogen) atoms. The predicted octanol–water partition coefficient (Wildman–Crippen LogP) is 2.85. The van der Waals surface area contributed by atoms with Gasteiger partial charge in [-0.25, -0.2) is 0 Å². The highest BCUT2D eigenvalue weighted by Gasteiger charge is 2.18. The lowest BCUT2D eigenvalue weighted by molar-refractivity contribution is -0.384. The minimum absolute atomic E-state index is 0.138. The second kappa shape index (κ2) is 6.02. The molecule has 0 spiro atoms. The van der Waals surface area contributed by atoms with E-state index >= 15 is 0 Å². The maximum atomic E-state index is 10.8. The highest BCUT2D eigenvalue weighted by Crippen LogP contribution is 2.23. The highest BCUT2D eigenvalue weighted by atomic mass is 16.6. The molecule has 0 aliphatic carbocycles. The maximum Gasteiger partial charge on any atom is 0.271 e. The van der Waals surface area contributed by atoms with Gasteiger partial charge in [0.05, 0.1) is 4.92 Å². The fraction of sp³-hybridized carbons (Fsp3) is 0.571. The molecule has 0 aromatic heterocycles. The molecule has 1 saturated heterocycles. The largest absolute Gasteiger partial charge is 0.382 e. The Hall–Kier alpha value is -1.62. The zero-order valence-electron chi connectivity index (χ0n) is 11.5. The van der Waals surface area contributed by atoms with E-state index in [1.54, 1.807) is 18.2 Å². The van der Waals surface area contributed by atoms with E-state index in [-0.39, 0.29) is 10.6 Å². The number of non-ortho nitro benzene ring substituents is 1. The topological polar surface area (TPSA) is 67.2 Å². The minimum Gasteiger partial charge on any atom is -0.382 e. The second-order valence-corrected chi connectivity index (χ2v) is 5.33. The molecule has 1 aromatic rings. The molecule has 0 amide bonds. The lowest BCUT2D eigenvalue weighted by Gasteiger charge is -2.20. The van der Waals surface area contributed by atoms with Gasteiger partial charge in [-0.15, -0.1) is 0 Å². The van der Waals surface area contributed by atoms with Crippen LogP contribution in [0.15, 0.2) is 18.2 Å². The molecule has 1 aliphatic rings. The quantitative estimate of drug-likeness (QED) is 0.633. The molecule has 1 aliphatic heterocycles. The first-order valence-electron chi connectivity index (χ1n) is 6.81. The Balaban J connectivity index is 2.00. The van der Waals surface area contributed by atoms with Crippen LogP contribution in [0.5, 0.6) is 0 Å². The van der Waals surface area contributed by atoms with E-state index in [1.807, 2.05) is 6.92 Å². The molecule has 5 nitrogen and oxygen atoms in total. The summed E-state index contributed by atoms with van der Waals surface area (Å²) >= 11 is 0. The number of nitro groups is 1. The summed E-state index contributed by atoms with van der Waals surface area (Å²) in [6.07, 6.45) is 3.51. The van der Waals surface area contributed by atoms with Gasteiger partial charge >= 0.3 is 0 Å². The summed E-state index contributed by atoms with van der Waals surface area (Å²) in [5.41, 5.74) is 2.04. The number of hydrogen-bond acceptors (Lipinski definition) is 4. The van der Waals surface area contributed by atoms with Crippen molar-refractivity contribution in [1.29, 1.82) is 0 Å². The van der Waals surface area contributed by atoms with Crippen LogP contribution >= 0.6 is 0 Å². The fourth-order valence-corrected chi connectivity index (χ4v) is 2.59. The molecule has 104 valence electrons. The molecule has 5 heteroatoms. The molecular weight excluding hydrogens is 242 g/mol. The van der Waals surface area contributed by atoms with Gasteiger partial charge in [-0.1, -0.05) is 6.07 Å². The number of aryl methyl sites for hydroxylation is 1. The second-order valence-electron chi connectivity index (χ2n) is 5.33. The molecule has 1 heterocycles. The van der Waals surface area contributed by atoms with Crippen molar-refractivity contribution in [2.75, 3.05) is 11.9 Å². The van der Waals surface area contributed by atoms with Crippen LogP contribution in [0.3, 0.4) is 0 Å². The van der Waals surface area contributed by atoms with Gasteiger partial charge in [-0.3, -0.25) is 10.1 Å². The van der Waals surface area contributed by atoms with Crippen molar-refractivity contribution in [3.63, 3.8) is 0 Å². The van der Waals surface area contributed by atoms with Crippen LogP contribution in [0.1, 0.15) is 31.7 Å². The smallest absolute Gasteiger partial charge is 0.271 e. The van der Waals surface area contributed by atoms with Gasteiger partial charge in [0, 0.05) is 29.9 Å². The average molecular weight is 263 g/mol. The summed E-state index contributed by atoms with van der Waals surface area (Å²) in [6.45, 7) is 5.19. The Morgan fingerprint density at radius 2 is 2.37 bits per heavy atom. The number of benzene rings is 1. The van der Waals surface area contributed by atoms with Crippen molar-refractivity contribution in [3.05, 3.63) is 33.9 Å². The molecule has 2 N–H and O–H groups in total. The summed E-state index contributed by atoms with van der Waals surface area (Å²) in [5, 5.41) is 17.7. The minimum atomic E-state index is -0.353. The lowest BCUT2D eigenvalue weighted by Crippen LogP contribution is -2.29. The fourth-order valence-electron chi connectivity index (χ4n) is 2.59. The highest BCUT2D eigenvalue weighted by molar-refractivity contribution is 5.57. The number of nitro benzene ring substituents is 1. The third kappa shape index (κ3) is 3.67. The van der Waals surface area contributed by atoms with Crippen LogP contribution in [-0.2, 0) is 0 Å². The first-order chi connectivity index (χ1) is 9.06. The Morgan fingerprint density at radius 1 is 1.58 bits per heavy atom. The third-order valence-corrected chi connectivity index (χ3v) is 3.63. The van der Waals surface area contributed by atoms with E-state index in [0.717, 1.165) is 24.2 Å². The Labute approximate surface area is 113 Å². The van der Waals surface area contributed by atoms with Crippen molar-refractivity contribution in [2.24, 2.45) is 0 Å². The van der Waals surface area contributed by atoms with Crippen molar-refractivity contribution in [3.8, 4) is 0 Å². The number of nitrogens with zero attached hydrogens (tertiary/aromatic N) is 1. The molecule has 2 unspecified atom stereocenters. The Morgan fingerprint density at radius 3 is 3.00 bits per heavy atom. The van der Waals surface area contributed by atoms with E-state index in [2.05, 4.69) is 17.6 Å². The third-order valence-electron chi connectivity index (χ3n) is 3.63. The molecule has 0 radical (unpaired) electrons. The maximum absolute atomic E-state index is 10.8. The van der Waals surface area contributed by atoms with Crippen LogP contribution in [0.4, 0.5) is 11.4 Å². The van der Waals surface area contributed by atoms with Gasteiger partial charge in [-0.05, 0) is 45.2 Å². The van der Waals surface area contributed by atoms with Crippen molar-refractivity contribution in [2.45, 2.75) is 45.2 Å². The SMILES string of the molecule is Cc1ccc([N+](=O)[O-])cc1NC(C)CC1CCCN1. The van der Waals surface area contributed by atoms with Crippen molar-refractivity contribution in [1.82, 2.24) is 5.32 Å². The molecule has 0 saturated carbocycles. The van der Waals surface area contributed by atoms with E-state index < -0.39 is 0 Å². The Kier molecular flexibility index (Phi) is 4.37. The first kappa shape index (κ1) is 13.8. The monoisotopic (exact) mass is 263 g/mol. The number of hydrogen-bond donors (Lipinski definition) is 2. The first-order valence-corrected chi connectivity index (χ1v) is 6.81. The molecule has 2 rings (SSSR count). The van der Waals surface area contributed by atoms with Gasteiger partial charge in [-0.2, -0.15) is 0 Å². The van der Waals surface area contributed by atoms with Gasteiger partial charge in [0.15, 0.2) is 0 Å². The van der Waals surface area contributed by atoms with Crippen molar-refractivity contribution < 1.29 is 4.92 Å². The molecule has 1 aromatic carbocycles. The summed E-state index contributed by atoms with van der Waals surface area (Å²) in [7, 11) is 0. The summed E-state index contributed by atoms with van der Waals surface area (Å²) in [6, 6.07) is 5.83. The predicted molar refractivity (Wildman–Crippen MR) is 76.6 cm³/mol. The molecule has 1 fully saturated rings. The molecule has 2 atom stereocenters. The average Bonchev–Trinajstić information content (AvgIpc) is 2.84. The lowest BCUT2D eigenvalue weighted by atomic mass is 10.1. The van der Waals surface area contributed by atoms with Crippen LogP contribution in [-0.4, -0.2) is 23.6 Å². The van der Waals surface area contributed by atoms with E-state index in [0.29, 0.717) is 12.1 Å². The zero-order chi connectivity index (χ0) is 13.8. The number of nitrogens with one attached hydrogen (secondary N) is 2. The van der Waals surface area contributed by atoms with Crippen LogP contribution in [0.25, 0.3) is 0 Å². The normalized spacial score (nSPS) is 20.2. The number of rotatable bonds is 5. The molecule has 0 bridgehead atoms. The van der Waals surface area contributed by atoms with E-state index in [4.69, 9.17) is 0 Å². The van der Waals surface area contributed by atoms with E-state index in [1.165, 1.54) is 12.8 Å².